The highest BCUT2D eigenvalue weighted by Gasteiger charge is 2.16. The van der Waals surface area contributed by atoms with Crippen molar-refractivity contribution in [3.05, 3.63) is 12.7 Å². The van der Waals surface area contributed by atoms with Crippen molar-refractivity contribution in [1.29, 1.82) is 0 Å². The van der Waals surface area contributed by atoms with E-state index in [1.54, 1.807) is 0 Å². The van der Waals surface area contributed by atoms with E-state index < -0.39 is 0 Å². The van der Waals surface area contributed by atoms with Gasteiger partial charge in [-0.25, -0.2) is 0 Å². The first-order valence-corrected chi connectivity index (χ1v) is 4.21. The van der Waals surface area contributed by atoms with E-state index in [-0.39, 0.29) is 18.5 Å². The Hall–Kier alpha value is -0.830. The van der Waals surface area contributed by atoms with Crippen LogP contribution in [0, 0.1) is 0 Å². The van der Waals surface area contributed by atoms with Crippen LogP contribution in [-0.2, 0) is 14.3 Å². The molecular formula is C9H14O3. The Bertz CT molecular complexity index is 159. The first-order valence-electron chi connectivity index (χ1n) is 4.21. The van der Waals surface area contributed by atoms with Crippen molar-refractivity contribution in [1.82, 2.24) is 0 Å². The number of hydrogen-bond acceptors (Lipinski definition) is 3. The summed E-state index contributed by atoms with van der Waals surface area (Å²) in [4.78, 5) is 10.9. The summed E-state index contributed by atoms with van der Waals surface area (Å²) in [5, 5.41) is 0. The van der Waals surface area contributed by atoms with Crippen molar-refractivity contribution in [2.24, 2.45) is 0 Å². The predicted octanol–water partition coefficient (Wildman–Crippen LogP) is 1.28. The largest absolute Gasteiger partial charge is 0.463 e. The summed E-state index contributed by atoms with van der Waals surface area (Å²) in [6.07, 6.45) is 4.02. The van der Waals surface area contributed by atoms with E-state index in [0.29, 0.717) is 6.61 Å². The van der Waals surface area contributed by atoms with Crippen LogP contribution in [-0.4, -0.2) is 25.3 Å². The van der Waals surface area contributed by atoms with Crippen molar-refractivity contribution < 1.29 is 14.3 Å². The zero-order valence-corrected chi connectivity index (χ0v) is 7.12. The van der Waals surface area contributed by atoms with Gasteiger partial charge in [0.2, 0.25) is 0 Å². The molecule has 0 N–H and O–H groups in total. The lowest BCUT2D eigenvalue weighted by Gasteiger charge is -2.08. The van der Waals surface area contributed by atoms with Crippen LogP contribution >= 0.6 is 0 Å². The molecule has 1 atom stereocenters. The summed E-state index contributed by atoms with van der Waals surface area (Å²) >= 11 is 0. The zero-order chi connectivity index (χ0) is 8.81. The molecule has 1 unspecified atom stereocenters. The molecule has 1 rings (SSSR count). The Labute approximate surface area is 72.4 Å². The number of esters is 1. The minimum absolute atomic E-state index is 0.124. The van der Waals surface area contributed by atoms with E-state index in [2.05, 4.69) is 6.58 Å². The van der Waals surface area contributed by atoms with Gasteiger partial charge >= 0.3 is 5.97 Å². The molecule has 1 aliphatic heterocycles. The Balaban J connectivity index is 2.07. The highest BCUT2D eigenvalue weighted by atomic mass is 16.6. The molecule has 0 amide bonds. The van der Waals surface area contributed by atoms with Crippen LogP contribution in [0.5, 0.6) is 0 Å². The van der Waals surface area contributed by atoms with E-state index >= 15 is 0 Å². The van der Waals surface area contributed by atoms with Gasteiger partial charge in [-0.2, -0.15) is 0 Å². The number of rotatable bonds is 4. The summed E-state index contributed by atoms with van der Waals surface area (Å²) in [6, 6.07) is 0. The number of ether oxygens (including phenoxy) is 2. The first kappa shape index (κ1) is 9.26. The van der Waals surface area contributed by atoms with Gasteiger partial charge in [-0.1, -0.05) is 6.08 Å². The molecule has 12 heavy (non-hydrogen) atoms. The molecule has 0 bridgehead atoms. The van der Waals surface area contributed by atoms with Gasteiger partial charge < -0.3 is 9.47 Å². The third kappa shape index (κ3) is 3.05. The van der Waals surface area contributed by atoms with E-state index in [1.807, 2.05) is 0 Å². The topological polar surface area (TPSA) is 35.5 Å². The van der Waals surface area contributed by atoms with Gasteiger partial charge in [0, 0.05) is 6.61 Å². The standard InChI is InChI=1S/C9H14O3/c1-2-4-9(10)12-7-8-5-3-6-11-8/h2,8H,1,3-7H2. The number of carbonyl (C=O) groups is 1. The van der Waals surface area contributed by atoms with Crippen LogP contribution in [0.1, 0.15) is 19.3 Å². The molecule has 1 fully saturated rings. The summed E-state index contributed by atoms with van der Waals surface area (Å²) in [5.41, 5.74) is 0. The minimum Gasteiger partial charge on any atom is -0.463 e. The van der Waals surface area contributed by atoms with E-state index in [4.69, 9.17) is 9.47 Å². The van der Waals surface area contributed by atoms with Gasteiger partial charge in [0.15, 0.2) is 0 Å². The third-order valence-corrected chi connectivity index (χ3v) is 1.77. The van der Waals surface area contributed by atoms with Gasteiger partial charge in [0.05, 0.1) is 12.5 Å². The molecule has 3 nitrogen and oxygen atoms in total. The van der Waals surface area contributed by atoms with Crippen LogP contribution in [0.2, 0.25) is 0 Å². The second-order valence-electron chi connectivity index (χ2n) is 2.81. The second-order valence-corrected chi connectivity index (χ2v) is 2.81. The van der Waals surface area contributed by atoms with Gasteiger partial charge in [0.1, 0.15) is 6.61 Å². The quantitative estimate of drug-likeness (QED) is 0.471. The van der Waals surface area contributed by atoms with Crippen molar-refractivity contribution in [3.8, 4) is 0 Å². The van der Waals surface area contributed by atoms with Gasteiger partial charge in [-0.3, -0.25) is 4.79 Å². The summed E-state index contributed by atoms with van der Waals surface area (Å²) in [5.74, 6) is -0.222. The monoisotopic (exact) mass is 170 g/mol. The maximum atomic E-state index is 10.9. The summed E-state index contributed by atoms with van der Waals surface area (Å²) in [6.45, 7) is 4.64. The Morgan fingerprint density at radius 3 is 3.17 bits per heavy atom. The highest BCUT2D eigenvalue weighted by molar-refractivity contribution is 5.70. The average molecular weight is 170 g/mol. The minimum atomic E-state index is -0.222. The molecule has 0 aromatic rings. The second kappa shape index (κ2) is 4.93. The molecule has 1 heterocycles. The maximum absolute atomic E-state index is 10.9. The molecule has 1 aliphatic rings. The molecule has 68 valence electrons. The summed E-state index contributed by atoms with van der Waals surface area (Å²) in [7, 11) is 0. The molecule has 3 heteroatoms. The SMILES string of the molecule is C=CCC(=O)OCC1CCCO1. The number of carbonyl (C=O) groups excluding carboxylic acids is 1. The third-order valence-electron chi connectivity index (χ3n) is 1.77. The van der Waals surface area contributed by atoms with Crippen LogP contribution in [0.4, 0.5) is 0 Å². The molecule has 0 saturated carbocycles. The average Bonchev–Trinajstić information content (AvgIpc) is 2.53. The van der Waals surface area contributed by atoms with E-state index in [1.165, 1.54) is 6.08 Å². The van der Waals surface area contributed by atoms with E-state index in [9.17, 15) is 4.79 Å². The zero-order valence-electron chi connectivity index (χ0n) is 7.12. The predicted molar refractivity (Wildman–Crippen MR) is 44.7 cm³/mol. The highest BCUT2D eigenvalue weighted by Crippen LogP contribution is 2.11. The van der Waals surface area contributed by atoms with Crippen LogP contribution < -0.4 is 0 Å². The Morgan fingerprint density at radius 2 is 2.58 bits per heavy atom. The van der Waals surface area contributed by atoms with Crippen molar-refractivity contribution in [3.63, 3.8) is 0 Å². The number of hydrogen-bond donors (Lipinski definition) is 0. The smallest absolute Gasteiger partial charge is 0.309 e. The van der Waals surface area contributed by atoms with Crippen molar-refractivity contribution in [2.45, 2.75) is 25.4 Å². The van der Waals surface area contributed by atoms with Gasteiger partial charge in [0.25, 0.3) is 0 Å². The van der Waals surface area contributed by atoms with Crippen LogP contribution in [0.25, 0.3) is 0 Å². The molecule has 0 spiro atoms. The maximum Gasteiger partial charge on any atom is 0.309 e. The molecule has 0 aliphatic carbocycles. The van der Waals surface area contributed by atoms with Crippen molar-refractivity contribution in [2.75, 3.05) is 13.2 Å². The van der Waals surface area contributed by atoms with Crippen LogP contribution in [0.15, 0.2) is 12.7 Å². The lowest BCUT2D eigenvalue weighted by molar-refractivity contribution is -0.145. The lowest BCUT2D eigenvalue weighted by Crippen LogP contribution is -2.17. The normalized spacial score (nSPS) is 22.2. The molecule has 0 aromatic carbocycles. The van der Waals surface area contributed by atoms with Crippen LogP contribution in [0.3, 0.4) is 0 Å². The van der Waals surface area contributed by atoms with Crippen molar-refractivity contribution >= 4 is 5.97 Å². The molecule has 0 aromatic heterocycles. The Kier molecular flexibility index (Phi) is 3.80. The van der Waals surface area contributed by atoms with E-state index in [0.717, 1.165) is 19.4 Å². The van der Waals surface area contributed by atoms with Gasteiger partial charge in [-0.05, 0) is 12.8 Å². The molecular weight excluding hydrogens is 156 g/mol. The lowest BCUT2D eigenvalue weighted by atomic mass is 10.2. The van der Waals surface area contributed by atoms with Gasteiger partial charge in [-0.15, -0.1) is 6.58 Å². The first-order chi connectivity index (χ1) is 5.83. The molecule has 1 saturated heterocycles. The Morgan fingerprint density at radius 1 is 1.75 bits per heavy atom. The summed E-state index contributed by atoms with van der Waals surface area (Å²) < 4.78 is 10.2. The fourth-order valence-corrected chi connectivity index (χ4v) is 1.14. The fourth-order valence-electron chi connectivity index (χ4n) is 1.14. The fraction of sp³-hybridized carbons (Fsp3) is 0.667. The molecule has 0 radical (unpaired) electrons.